The predicted molar refractivity (Wildman–Crippen MR) is 126 cm³/mol. The van der Waals surface area contributed by atoms with E-state index in [1.807, 2.05) is 35.8 Å². The van der Waals surface area contributed by atoms with E-state index in [1.165, 1.54) is 17.8 Å². The summed E-state index contributed by atoms with van der Waals surface area (Å²) in [6, 6.07) is 11.0. The zero-order valence-electron chi connectivity index (χ0n) is 18.6. The third kappa shape index (κ3) is 5.71. The lowest BCUT2D eigenvalue weighted by atomic mass is 10.2. The number of hydrogen-bond acceptors (Lipinski definition) is 6. The van der Waals surface area contributed by atoms with Gasteiger partial charge in [0.2, 0.25) is 17.8 Å². The first-order chi connectivity index (χ1) is 16.4. The van der Waals surface area contributed by atoms with Crippen molar-refractivity contribution in [2.45, 2.75) is 24.9 Å². The molecular weight excluding hydrogens is 462 g/mol. The number of amides is 2. The minimum atomic E-state index is -1.07. The second kappa shape index (κ2) is 10.6. The molecule has 2 aromatic carbocycles. The molecule has 0 spiro atoms. The normalized spacial score (nSPS) is 13.2. The van der Waals surface area contributed by atoms with Gasteiger partial charge in [-0.1, -0.05) is 29.5 Å². The molecule has 0 unspecified atom stereocenters. The highest BCUT2D eigenvalue weighted by molar-refractivity contribution is 7.99. The Balaban J connectivity index is 1.37. The minimum Gasteiger partial charge on any atom is -0.346 e. The first kappa shape index (κ1) is 23.7. The molecule has 2 N–H and O–H groups in total. The SMILES string of the molecule is Cc1ccc(-n2c(SCC(=O)NCC(=O)Nc3ccc(F)c(F)c3)nnc2N2CCCC2)cc1. The number of carbonyl (C=O) groups is 2. The number of anilines is 2. The monoisotopic (exact) mass is 486 g/mol. The van der Waals surface area contributed by atoms with Crippen molar-refractivity contribution in [2.75, 3.05) is 35.6 Å². The molecule has 1 saturated heterocycles. The van der Waals surface area contributed by atoms with Gasteiger partial charge in [-0.15, -0.1) is 10.2 Å². The largest absolute Gasteiger partial charge is 0.346 e. The summed E-state index contributed by atoms with van der Waals surface area (Å²) in [6.45, 7) is 3.52. The van der Waals surface area contributed by atoms with Gasteiger partial charge >= 0.3 is 0 Å². The van der Waals surface area contributed by atoms with Crippen molar-refractivity contribution in [2.24, 2.45) is 0 Å². The van der Waals surface area contributed by atoms with Gasteiger partial charge in [-0.3, -0.25) is 14.2 Å². The Hall–Kier alpha value is -3.47. The molecule has 0 aliphatic carbocycles. The van der Waals surface area contributed by atoms with Crippen LogP contribution in [-0.4, -0.2) is 52.0 Å². The molecule has 11 heteroatoms. The van der Waals surface area contributed by atoms with Gasteiger partial charge in [0.25, 0.3) is 0 Å². The molecular formula is C23H24F2N6O2S. The standard InChI is InChI=1S/C23H24F2N6O2S/c1-15-4-7-17(8-5-15)31-22(30-10-2-3-11-30)28-29-23(31)34-14-21(33)26-13-20(32)27-16-6-9-18(24)19(25)12-16/h4-9,12H,2-3,10-11,13-14H2,1H3,(H,26,33)(H,27,32). The molecule has 3 aromatic rings. The van der Waals surface area contributed by atoms with Gasteiger partial charge in [0.1, 0.15) is 0 Å². The Labute approximate surface area is 199 Å². The zero-order chi connectivity index (χ0) is 24.1. The van der Waals surface area contributed by atoms with Crippen LogP contribution in [0.15, 0.2) is 47.6 Å². The van der Waals surface area contributed by atoms with Gasteiger partial charge in [0.05, 0.1) is 18.0 Å². The lowest BCUT2D eigenvalue weighted by Crippen LogP contribution is -2.34. The maximum Gasteiger partial charge on any atom is 0.243 e. The highest BCUT2D eigenvalue weighted by Crippen LogP contribution is 2.28. The number of rotatable bonds is 8. The molecule has 1 fully saturated rings. The van der Waals surface area contributed by atoms with Crippen LogP contribution in [0.1, 0.15) is 18.4 Å². The van der Waals surface area contributed by atoms with Crippen molar-refractivity contribution in [3.8, 4) is 5.69 Å². The highest BCUT2D eigenvalue weighted by atomic mass is 32.2. The van der Waals surface area contributed by atoms with E-state index in [0.29, 0.717) is 5.16 Å². The van der Waals surface area contributed by atoms with Crippen molar-refractivity contribution in [1.29, 1.82) is 0 Å². The lowest BCUT2D eigenvalue weighted by molar-refractivity contribution is -0.122. The Morgan fingerprint density at radius 2 is 1.74 bits per heavy atom. The van der Waals surface area contributed by atoms with Crippen molar-refractivity contribution in [3.63, 3.8) is 0 Å². The average Bonchev–Trinajstić information content (AvgIpc) is 3.49. The predicted octanol–water partition coefficient (Wildman–Crippen LogP) is 3.30. The summed E-state index contributed by atoms with van der Waals surface area (Å²) in [6.07, 6.45) is 2.19. The van der Waals surface area contributed by atoms with Gasteiger partial charge in [-0.05, 0) is 44.0 Å². The van der Waals surface area contributed by atoms with Crippen LogP contribution in [-0.2, 0) is 9.59 Å². The van der Waals surface area contributed by atoms with Crippen LogP contribution in [0.2, 0.25) is 0 Å². The third-order valence-corrected chi connectivity index (χ3v) is 6.21. The van der Waals surface area contributed by atoms with E-state index in [-0.39, 0.29) is 23.9 Å². The van der Waals surface area contributed by atoms with Crippen LogP contribution >= 0.6 is 11.8 Å². The first-order valence-electron chi connectivity index (χ1n) is 10.8. The number of aromatic nitrogens is 3. The molecule has 1 aliphatic rings. The maximum absolute atomic E-state index is 13.3. The summed E-state index contributed by atoms with van der Waals surface area (Å²) >= 11 is 1.22. The molecule has 1 aliphatic heterocycles. The quantitative estimate of drug-likeness (QED) is 0.475. The number of aryl methyl sites for hydroxylation is 1. The summed E-state index contributed by atoms with van der Waals surface area (Å²) in [5.41, 5.74) is 2.15. The summed E-state index contributed by atoms with van der Waals surface area (Å²) in [5, 5.41) is 14.2. The van der Waals surface area contributed by atoms with Crippen LogP contribution in [0.4, 0.5) is 20.4 Å². The van der Waals surface area contributed by atoms with E-state index in [9.17, 15) is 18.4 Å². The Bertz CT molecular complexity index is 1180. The summed E-state index contributed by atoms with van der Waals surface area (Å²) in [4.78, 5) is 26.5. The molecule has 0 atom stereocenters. The van der Waals surface area contributed by atoms with Gasteiger partial charge in [0.15, 0.2) is 16.8 Å². The summed E-state index contributed by atoms with van der Waals surface area (Å²) < 4.78 is 28.2. The number of thioether (sulfide) groups is 1. The van der Waals surface area contributed by atoms with Crippen LogP contribution in [0.5, 0.6) is 0 Å². The fourth-order valence-electron chi connectivity index (χ4n) is 3.54. The van der Waals surface area contributed by atoms with Crippen molar-refractivity contribution >= 4 is 35.2 Å². The Kier molecular flexibility index (Phi) is 7.41. The van der Waals surface area contributed by atoms with Crippen LogP contribution < -0.4 is 15.5 Å². The van der Waals surface area contributed by atoms with Crippen LogP contribution in [0.25, 0.3) is 5.69 Å². The smallest absolute Gasteiger partial charge is 0.243 e. The molecule has 2 amide bonds. The molecule has 8 nitrogen and oxygen atoms in total. The van der Waals surface area contributed by atoms with Gasteiger partial charge < -0.3 is 15.5 Å². The van der Waals surface area contributed by atoms with E-state index in [2.05, 4.69) is 25.7 Å². The fraction of sp³-hybridized carbons (Fsp3) is 0.304. The van der Waals surface area contributed by atoms with Crippen molar-refractivity contribution in [1.82, 2.24) is 20.1 Å². The van der Waals surface area contributed by atoms with E-state index in [4.69, 9.17) is 0 Å². The Morgan fingerprint density at radius 1 is 1.00 bits per heavy atom. The van der Waals surface area contributed by atoms with E-state index < -0.39 is 17.5 Å². The highest BCUT2D eigenvalue weighted by Gasteiger charge is 2.23. The van der Waals surface area contributed by atoms with Crippen LogP contribution in [0, 0.1) is 18.6 Å². The third-order valence-electron chi connectivity index (χ3n) is 5.28. The Morgan fingerprint density at radius 3 is 2.44 bits per heavy atom. The van der Waals surface area contributed by atoms with Gasteiger partial charge in [-0.2, -0.15) is 0 Å². The molecule has 1 aromatic heterocycles. The molecule has 0 bridgehead atoms. The molecule has 178 valence electrons. The number of nitrogens with one attached hydrogen (secondary N) is 2. The van der Waals surface area contributed by atoms with Crippen LogP contribution in [0.3, 0.4) is 0 Å². The first-order valence-corrected chi connectivity index (χ1v) is 11.8. The van der Waals surface area contributed by atoms with Crippen molar-refractivity contribution in [3.05, 3.63) is 59.7 Å². The van der Waals surface area contributed by atoms with E-state index >= 15 is 0 Å². The molecule has 34 heavy (non-hydrogen) atoms. The number of hydrogen-bond donors (Lipinski definition) is 2. The average molecular weight is 487 g/mol. The number of carbonyl (C=O) groups excluding carboxylic acids is 2. The zero-order valence-corrected chi connectivity index (χ0v) is 19.4. The molecule has 0 saturated carbocycles. The lowest BCUT2D eigenvalue weighted by Gasteiger charge is -2.18. The van der Waals surface area contributed by atoms with E-state index in [1.54, 1.807) is 0 Å². The number of nitrogens with zero attached hydrogens (tertiary/aromatic N) is 4. The second-order valence-corrected chi connectivity index (χ2v) is 8.83. The number of benzene rings is 2. The molecule has 0 radical (unpaired) electrons. The van der Waals surface area contributed by atoms with Crippen molar-refractivity contribution < 1.29 is 18.4 Å². The fourth-order valence-corrected chi connectivity index (χ4v) is 4.31. The molecule has 2 heterocycles. The molecule has 4 rings (SSSR count). The number of halogens is 2. The maximum atomic E-state index is 13.3. The van der Waals surface area contributed by atoms with E-state index in [0.717, 1.165) is 55.3 Å². The summed E-state index contributed by atoms with van der Waals surface area (Å²) in [5.74, 6) is -2.22. The summed E-state index contributed by atoms with van der Waals surface area (Å²) in [7, 11) is 0. The second-order valence-electron chi connectivity index (χ2n) is 7.89. The van der Waals surface area contributed by atoms with Gasteiger partial charge in [0, 0.05) is 24.8 Å². The topological polar surface area (TPSA) is 92.2 Å². The van der Waals surface area contributed by atoms with Gasteiger partial charge in [-0.25, -0.2) is 8.78 Å². The minimum absolute atomic E-state index is 0.0302.